The normalized spacial score (nSPS) is 12.0. The highest BCUT2D eigenvalue weighted by atomic mass is 19.3. The maximum absolute atomic E-state index is 12.4. The number of alkyl halides is 2. The molecule has 0 aliphatic heterocycles. The number of carbonyl (C=O) groups is 4. The van der Waals surface area contributed by atoms with E-state index in [1.54, 1.807) is 20.8 Å². The summed E-state index contributed by atoms with van der Waals surface area (Å²) in [6.07, 6.45) is -1.31. The monoisotopic (exact) mass is 415 g/mol. The number of esters is 1. The predicted octanol–water partition coefficient (Wildman–Crippen LogP) is 1.57. The highest BCUT2D eigenvalue weighted by Crippen LogP contribution is 2.19. The van der Waals surface area contributed by atoms with Crippen molar-refractivity contribution < 1.29 is 37.4 Å². The standard InChI is InChI=1S/C18H23F2N3O6/c1-10(14(25)22-17(27)23-18(2,3)4)28-13(24)9-21-15(26)11-7-5-6-8-12(11)29-16(19)20/h5-8,10,16H,9H2,1-4H3,(H,21,26)(H2,22,23,25,27)/t10-/m0/s1. The molecule has 9 nitrogen and oxygen atoms in total. The van der Waals surface area contributed by atoms with Gasteiger partial charge >= 0.3 is 18.6 Å². The van der Waals surface area contributed by atoms with Crippen molar-refractivity contribution in [2.75, 3.05) is 6.54 Å². The van der Waals surface area contributed by atoms with Crippen LogP contribution >= 0.6 is 0 Å². The molecule has 0 saturated carbocycles. The molecule has 11 heteroatoms. The maximum Gasteiger partial charge on any atom is 0.387 e. The largest absolute Gasteiger partial charge is 0.451 e. The van der Waals surface area contributed by atoms with Crippen LogP contribution in [0.5, 0.6) is 5.75 Å². The molecule has 0 aromatic heterocycles. The van der Waals surface area contributed by atoms with Crippen molar-refractivity contribution in [3.8, 4) is 5.75 Å². The molecule has 0 radical (unpaired) electrons. The number of carbonyl (C=O) groups excluding carboxylic acids is 4. The Hall–Kier alpha value is -3.24. The molecule has 0 saturated heterocycles. The van der Waals surface area contributed by atoms with Crippen LogP contribution in [0.2, 0.25) is 0 Å². The van der Waals surface area contributed by atoms with Crippen LogP contribution in [0.15, 0.2) is 24.3 Å². The van der Waals surface area contributed by atoms with Crippen molar-refractivity contribution in [1.82, 2.24) is 16.0 Å². The highest BCUT2D eigenvalue weighted by Gasteiger charge is 2.23. The average Bonchev–Trinajstić information content (AvgIpc) is 2.57. The van der Waals surface area contributed by atoms with Gasteiger partial charge in [0.05, 0.1) is 5.56 Å². The first-order chi connectivity index (χ1) is 13.4. The fraction of sp³-hybridized carbons (Fsp3) is 0.444. The lowest BCUT2D eigenvalue weighted by Gasteiger charge is -2.21. The van der Waals surface area contributed by atoms with Gasteiger partial charge in [-0.1, -0.05) is 12.1 Å². The summed E-state index contributed by atoms with van der Waals surface area (Å²) in [6, 6.07) is 4.49. The van der Waals surface area contributed by atoms with Crippen LogP contribution in [0, 0.1) is 0 Å². The molecule has 0 heterocycles. The summed E-state index contributed by atoms with van der Waals surface area (Å²) in [4.78, 5) is 47.4. The molecule has 1 aromatic carbocycles. The Labute approximate surface area is 166 Å². The second kappa shape index (κ2) is 10.3. The van der Waals surface area contributed by atoms with E-state index in [-0.39, 0.29) is 11.3 Å². The average molecular weight is 415 g/mol. The Morgan fingerprint density at radius 2 is 1.72 bits per heavy atom. The molecule has 1 aromatic rings. The number of halogens is 2. The van der Waals surface area contributed by atoms with E-state index in [4.69, 9.17) is 4.74 Å². The molecule has 29 heavy (non-hydrogen) atoms. The molecule has 0 fully saturated rings. The van der Waals surface area contributed by atoms with Gasteiger partial charge in [-0.05, 0) is 39.8 Å². The first-order valence-electron chi connectivity index (χ1n) is 8.53. The number of nitrogens with one attached hydrogen (secondary N) is 3. The minimum absolute atomic E-state index is 0.203. The molecular weight excluding hydrogens is 392 g/mol. The lowest BCUT2D eigenvalue weighted by atomic mass is 10.1. The SMILES string of the molecule is C[C@H](OC(=O)CNC(=O)c1ccccc1OC(F)F)C(=O)NC(=O)NC(C)(C)C. The topological polar surface area (TPSA) is 123 Å². The van der Waals surface area contributed by atoms with Gasteiger partial charge < -0.3 is 20.1 Å². The summed E-state index contributed by atoms with van der Waals surface area (Å²) in [6.45, 7) is 2.64. The Balaban J connectivity index is 2.54. The van der Waals surface area contributed by atoms with E-state index in [0.717, 1.165) is 0 Å². The number of imide groups is 1. The van der Waals surface area contributed by atoms with Crippen molar-refractivity contribution in [3.05, 3.63) is 29.8 Å². The molecule has 0 unspecified atom stereocenters. The van der Waals surface area contributed by atoms with E-state index in [9.17, 15) is 28.0 Å². The number of amides is 4. The molecule has 1 rings (SSSR count). The van der Waals surface area contributed by atoms with Gasteiger partial charge in [-0.2, -0.15) is 8.78 Å². The Bertz CT molecular complexity index is 764. The Morgan fingerprint density at radius 3 is 2.31 bits per heavy atom. The van der Waals surface area contributed by atoms with Gasteiger partial charge in [0.15, 0.2) is 6.10 Å². The second-order valence-electron chi connectivity index (χ2n) is 6.88. The van der Waals surface area contributed by atoms with Crippen LogP contribution in [-0.4, -0.2) is 48.6 Å². The lowest BCUT2D eigenvalue weighted by Crippen LogP contribution is -2.50. The first-order valence-corrected chi connectivity index (χ1v) is 8.53. The molecular formula is C18H23F2N3O6. The summed E-state index contributed by atoms with van der Waals surface area (Å²) in [5, 5.41) is 6.70. The van der Waals surface area contributed by atoms with Crippen LogP contribution in [-0.2, 0) is 14.3 Å². The molecule has 1 atom stereocenters. The van der Waals surface area contributed by atoms with E-state index >= 15 is 0 Å². The van der Waals surface area contributed by atoms with Gasteiger partial charge in [0.1, 0.15) is 12.3 Å². The predicted molar refractivity (Wildman–Crippen MR) is 97.4 cm³/mol. The van der Waals surface area contributed by atoms with Crippen molar-refractivity contribution in [1.29, 1.82) is 0 Å². The number of benzene rings is 1. The second-order valence-corrected chi connectivity index (χ2v) is 6.88. The number of ether oxygens (including phenoxy) is 2. The summed E-state index contributed by atoms with van der Waals surface area (Å²) in [7, 11) is 0. The third-order valence-electron chi connectivity index (χ3n) is 3.14. The van der Waals surface area contributed by atoms with Crippen LogP contribution in [0.3, 0.4) is 0 Å². The van der Waals surface area contributed by atoms with Crippen molar-refractivity contribution in [2.24, 2.45) is 0 Å². The van der Waals surface area contributed by atoms with Gasteiger partial charge in [-0.25, -0.2) is 4.79 Å². The van der Waals surface area contributed by atoms with Crippen LogP contribution in [0.4, 0.5) is 13.6 Å². The third-order valence-corrected chi connectivity index (χ3v) is 3.14. The minimum Gasteiger partial charge on any atom is -0.451 e. The maximum atomic E-state index is 12.4. The molecule has 4 amide bonds. The van der Waals surface area contributed by atoms with E-state index < -0.39 is 48.6 Å². The summed E-state index contributed by atoms with van der Waals surface area (Å²) in [5.74, 6) is -3.03. The fourth-order valence-electron chi connectivity index (χ4n) is 1.98. The van der Waals surface area contributed by atoms with E-state index in [2.05, 4.69) is 15.4 Å². The Kier molecular flexibility index (Phi) is 8.49. The van der Waals surface area contributed by atoms with Gasteiger partial charge in [0.25, 0.3) is 11.8 Å². The molecule has 0 aliphatic carbocycles. The molecule has 160 valence electrons. The number of urea groups is 1. The molecule has 3 N–H and O–H groups in total. The van der Waals surface area contributed by atoms with Crippen molar-refractivity contribution in [2.45, 2.75) is 45.9 Å². The minimum atomic E-state index is -3.12. The zero-order valence-corrected chi connectivity index (χ0v) is 16.4. The van der Waals surface area contributed by atoms with Crippen LogP contribution in [0.25, 0.3) is 0 Å². The fourth-order valence-corrected chi connectivity index (χ4v) is 1.98. The summed E-state index contributed by atoms with van der Waals surface area (Å²) >= 11 is 0. The molecule has 0 spiro atoms. The Morgan fingerprint density at radius 1 is 1.10 bits per heavy atom. The van der Waals surface area contributed by atoms with Crippen LogP contribution < -0.4 is 20.7 Å². The molecule has 0 aliphatic rings. The number of rotatable bonds is 7. The summed E-state index contributed by atoms with van der Waals surface area (Å²) < 4.78 is 33.8. The third kappa shape index (κ3) is 9.00. The smallest absolute Gasteiger partial charge is 0.387 e. The summed E-state index contributed by atoms with van der Waals surface area (Å²) in [5.41, 5.74) is -0.774. The molecule has 0 bridgehead atoms. The van der Waals surface area contributed by atoms with Gasteiger partial charge in [0, 0.05) is 5.54 Å². The van der Waals surface area contributed by atoms with Gasteiger partial charge in [-0.3, -0.25) is 19.7 Å². The number of hydrogen-bond donors (Lipinski definition) is 3. The highest BCUT2D eigenvalue weighted by molar-refractivity contribution is 5.99. The quantitative estimate of drug-likeness (QED) is 0.581. The van der Waals surface area contributed by atoms with Crippen molar-refractivity contribution >= 4 is 23.8 Å². The zero-order valence-electron chi connectivity index (χ0n) is 16.4. The van der Waals surface area contributed by atoms with E-state index in [1.807, 2.05) is 5.32 Å². The van der Waals surface area contributed by atoms with Gasteiger partial charge in [0.2, 0.25) is 0 Å². The van der Waals surface area contributed by atoms with E-state index in [1.165, 1.54) is 31.2 Å². The van der Waals surface area contributed by atoms with Gasteiger partial charge in [-0.15, -0.1) is 0 Å². The van der Waals surface area contributed by atoms with E-state index in [0.29, 0.717) is 0 Å². The number of para-hydroxylation sites is 1. The number of hydrogen-bond acceptors (Lipinski definition) is 6. The lowest BCUT2D eigenvalue weighted by molar-refractivity contribution is -0.153. The first kappa shape index (κ1) is 23.8. The van der Waals surface area contributed by atoms with Crippen LogP contribution in [0.1, 0.15) is 38.1 Å². The van der Waals surface area contributed by atoms with Crippen molar-refractivity contribution in [3.63, 3.8) is 0 Å². The zero-order chi connectivity index (χ0) is 22.2.